The van der Waals surface area contributed by atoms with Crippen molar-refractivity contribution in [3.8, 4) is 0 Å². The van der Waals surface area contributed by atoms with Crippen LogP contribution in [-0.2, 0) is 11.3 Å². The maximum absolute atomic E-state index is 12.8. The van der Waals surface area contributed by atoms with E-state index in [1.165, 1.54) is 18.4 Å². The largest absolute Gasteiger partial charge is 0.353 e. The van der Waals surface area contributed by atoms with Gasteiger partial charge in [-0.2, -0.15) is 0 Å². The summed E-state index contributed by atoms with van der Waals surface area (Å²) >= 11 is 1.57. The van der Waals surface area contributed by atoms with Crippen LogP contribution in [0.4, 0.5) is 5.82 Å². The Labute approximate surface area is 189 Å². The molecule has 0 spiro atoms. The molecule has 2 aromatic heterocycles. The molecule has 2 saturated heterocycles. The van der Waals surface area contributed by atoms with Gasteiger partial charge in [0.05, 0.1) is 0 Å². The normalized spacial score (nSPS) is 20.1. The summed E-state index contributed by atoms with van der Waals surface area (Å²) in [5.41, 5.74) is 1.17. The summed E-state index contributed by atoms with van der Waals surface area (Å²) < 4.78 is 0. The van der Waals surface area contributed by atoms with Gasteiger partial charge in [-0.05, 0) is 50.1 Å². The van der Waals surface area contributed by atoms with Gasteiger partial charge in [0.2, 0.25) is 5.91 Å². The molecule has 0 aromatic carbocycles. The molecule has 4 heterocycles. The molecular formula is C23H32N6OS. The van der Waals surface area contributed by atoms with Crippen LogP contribution in [0.15, 0.2) is 41.9 Å². The number of aromatic nitrogens is 3. The Morgan fingerprint density at radius 2 is 1.90 bits per heavy atom. The van der Waals surface area contributed by atoms with Crippen LogP contribution in [0.1, 0.15) is 31.2 Å². The molecular weight excluding hydrogens is 408 g/mol. The summed E-state index contributed by atoms with van der Waals surface area (Å²) in [7, 11) is 0. The molecule has 1 atom stereocenters. The van der Waals surface area contributed by atoms with Crippen molar-refractivity contribution in [2.24, 2.45) is 5.92 Å². The third-order valence-corrected chi connectivity index (χ3v) is 6.82. The number of anilines is 1. The Hall–Kier alpha value is -2.19. The van der Waals surface area contributed by atoms with E-state index in [4.69, 9.17) is 0 Å². The molecule has 0 N–H and O–H groups in total. The monoisotopic (exact) mass is 440 g/mol. The molecule has 8 heteroatoms. The number of piperazine rings is 1. The minimum atomic E-state index is 0.304. The Bertz CT molecular complexity index is 826. The lowest BCUT2D eigenvalue weighted by atomic mass is 9.93. The van der Waals surface area contributed by atoms with Crippen molar-refractivity contribution in [2.45, 2.75) is 37.4 Å². The second-order valence-corrected chi connectivity index (χ2v) is 9.19. The predicted molar refractivity (Wildman–Crippen MR) is 124 cm³/mol. The lowest BCUT2D eigenvalue weighted by molar-refractivity contribution is -0.131. The summed E-state index contributed by atoms with van der Waals surface area (Å²) in [6, 6.07) is 5.99. The highest BCUT2D eigenvalue weighted by Gasteiger charge is 2.24. The minimum absolute atomic E-state index is 0.304. The fourth-order valence-electron chi connectivity index (χ4n) is 4.53. The van der Waals surface area contributed by atoms with E-state index >= 15 is 0 Å². The van der Waals surface area contributed by atoms with Crippen LogP contribution in [0.2, 0.25) is 0 Å². The average Bonchev–Trinajstić information content (AvgIpc) is 2.84. The van der Waals surface area contributed by atoms with Gasteiger partial charge in [-0.1, -0.05) is 17.8 Å². The van der Waals surface area contributed by atoms with Crippen molar-refractivity contribution in [3.05, 3.63) is 42.4 Å². The molecule has 1 amide bonds. The van der Waals surface area contributed by atoms with E-state index in [0.717, 1.165) is 63.2 Å². The zero-order valence-electron chi connectivity index (χ0n) is 18.3. The van der Waals surface area contributed by atoms with Gasteiger partial charge in [0.1, 0.15) is 5.82 Å². The fraction of sp³-hybridized carbons (Fsp3) is 0.565. The van der Waals surface area contributed by atoms with E-state index in [1.807, 2.05) is 47.9 Å². The van der Waals surface area contributed by atoms with Crippen LogP contribution in [0.3, 0.4) is 0 Å². The quantitative estimate of drug-likeness (QED) is 0.484. The van der Waals surface area contributed by atoms with Crippen LogP contribution < -0.4 is 4.90 Å². The molecule has 0 saturated carbocycles. The lowest BCUT2D eigenvalue weighted by Crippen LogP contribution is -2.49. The second-order valence-electron chi connectivity index (χ2n) is 8.42. The first kappa shape index (κ1) is 22.0. The smallest absolute Gasteiger partial charge is 0.222 e. The Morgan fingerprint density at radius 1 is 1.10 bits per heavy atom. The molecule has 0 unspecified atom stereocenters. The molecule has 7 nitrogen and oxygen atoms in total. The van der Waals surface area contributed by atoms with E-state index in [-0.39, 0.29) is 0 Å². The standard InChI is InChI=1S/C23H32N6OS/c1-31-23-25-15-20(16-26-23)18-27-10-4-5-19(17-27)7-8-22(30)29-13-11-28(12-14-29)21-6-2-3-9-24-21/h2-3,6,9,15-16,19H,4-5,7-8,10-14,17-18H2,1H3/t19-/m0/s1. The molecule has 2 aliphatic heterocycles. The molecule has 2 aromatic rings. The van der Waals surface area contributed by atoms with Crippen molar-refractivity contribution in [1.82, 2.24) is 24.8 Å². The summed E-state index contributed by atoms with van der Waals surface area (Å²) in [4.78, 5) is 32.8. The highest BCUT2D eigenvalue weighted by atomic mass is 32.2. The van der Waals surface area contributed by atoms with Crippen molar-refractivity contribution < 1.29 is 4.79 Å². The third-order valence-electron chi connectivity index (χ3n) is 6.25. The Kier molecular flexibility index (Phi) is 7.75. The van der Waals surface area contributed by atoms with Gasteiger partial charge < -0.3 is 9.80 Å². The molecule has 0 bridgehead atoms. The number of pyridine rings is 1. The molecule has 0 radical (unpaired) electrons. The number of carbonyl (C=O) groups is 1. The number of hydrogen-bond donors (Lipinski definition) is 0. The second kappa shape index (κ2) is 10.9. The SMILES string of the molecule is CSc1ncc(CN2CCC[C@@H](CCC(=O)N3CCN(c4ccccn4)CC3)C2)cn1. The topological polar surface area (TPSA) is 65.5 Å². The molecule has 31 heavy (non-hydrogen) atoms. The summed E-state index contributed by atoms with van der Waals surface area (Å²) in [5.74, 6) is 1.91. The van der Waals surface area contributed by atoms with E-state index < -0.39 is 0 Å². The van der Waals surface area contributed by atoms with Crippen LogP contribution >= 0.6 is 11.8 Å². The molecule has 4 rings (SSSR count). The summed E-state index contributed by atoms with van der Waals surface area (Å²) in [5, 5.41) is 0.819. The molecule has 2 aliphatic rings. The van der Waals surface area contributed by atoms with Crippen molar-refractivity contribution >= 4 is 23.5 Å². The van der Waals surface area contributed by atoms with Gasteiger partial charge in [-0.15, -0.1) is 0 Å². The van der Waals surface area contributed by atoms with Gasteiger partial charge in [-0.3, -0.25) is 9.69 Å². The summed E-state index contributed by atoms with van der Waals surface area (Å²) in [6.07, 6.45) is 11.8. The van der Waals surface area contributed by atoms with Crippen molar-refractivity contribution in [3.63, 3.8) is 0 Å². The summed E-state index contributed by atoms with van der Waals surface area (Å²) in [6.45, 7) is 6.37. The number of rotatable bonds is 7. The average molecular weight is 441 g/mol. The van der Waals surface area contributed by atoms with Crippen molar-refractivity contribution in [1.29, 1.82) is 0 Å². The Balaban J connectivity index is 1.19. The highest BCUT2D eigenvalue weighted by molar-refractivity contribution is 7.98. The number of piperidine rings is 1. The van der Waals surface area contributed by atoms with Crippen molar-refractivity contribution in [2.75, 3.05) is 50.4 Å². The van der Waals surface area contributed by atoms with E-state index in [1.54, 1.807) is 11.8 Å². The fourth-order valence-corrected chi connectivity index (χ4v) is 4.85. The zero-order valence-corrected chi connectivity index (χ0v) is 19.1. The Morgan fingerprint density at radius 3 is 2.61 bits per heavy atom. The minimum Gasteiger partial charge on any atom is -0.353 e. The van der Waals surface area contributed by atoms with E-state index in [2.05, 4.69) is 24.8 Å². The third kappa shape index (κ3) is 6.17. The van der Waals surface area contributed by atoms with Gasteiger partial charge in [0.25, 0.3) is 0 Å². The van der Waals surface area contributed by atoms with E-state index in [9.17, 15) is 4.79 Å². The molecule has 2 fully saturated rings. The first-order chi connectivity index (χ1) is 15.2. The van der Waals surface area contributed by atoms with Crippen LogP contribution in [0.25, 0.3) is 0 Å². The molecule has 166 valence electrons. The van der Waals surface area contributed by atoms with Gasteiger partial charge in [-0.25, -0.2) is 15.0 Å². The number of likely N-dealkylation sites (tertiary alicyclic amines) is 1. The van der Waals surface area contributed by atoms with Crippen LogP contribution in [0, 0.1) is 5.92 Å². The lowest BCUT2D eigenvalue weighted by Gasteiger charge is -2.36. The predicted octanol–water partition coefficient (Wildman–Crippen LogP) is 2.93. The van der Waals surface area contributed by atoms with Gasteiger partial charge in [0.15, 0.2) is 5.16 Å². The first-order valence-corrected chi connectivity index (χ1v) is 12.4. The number of nitrogens with zero attached hydrogens (tertiary/aromatic N) is 6. The highest BCUT2D eigenvalue weighted by Crippen LogP contribution is 2.23. The number of hydrogen-bond acceptors (Lipinski definition) is 7. The number of thioether (sulfide) groups is 1. The first-order valence-electron chi connectivity index (χ1n) is 11.2. The van der Waals surface area contributed by atoms with Gasteiger partial charge >= 0.3 is 0 Å². The maximum Gasteiger partial charge on any atom is 0.222 e. The van der Waals surface area contributed by atoms with Gasteiger partial charge in [0, 0.05) is 69.8 Å². The number of carbonyl (C=O) groups excluding carboxylic acids is 1. The number of amides is 1. The van der Waals surface area contributed by atoms with E-state index in [0.29, 0.717) is 18.2 Å². The maximum atomic E-state index is 12.8. The van der Waals surface area contributed by atoms with Crippen LogP contribution in [-0.4, -0.2) is 76.2 Å². The zero-order chi connectivity index (χ0) is 21.5. The van der Waals surface area contributed by atoms with Crippen LogP contribution in [0.5, 0.6) is 0 Å². The molecule has 0 aliphatic carbocycles.